The maximum atomic E-state index is 11.7. The Hall–Kier alpha value is -2.17. The normalized spacial score (nSPS) is 15.3. The van der Waals surface area contributed by atoms with Crippen molar-refractivity contribution < 1.29 is 42.0 Å². The highest BCUT2D eigenvalue weighted by molar-refractivity contribution is 6.01. The summed E-state index contributed by atoms with van der Waals surface area (Å²) >= 11 is 0. The van der Waals surface area contributed by atoms with Crippen molar-refractivity contribution in [3.05, 3.63) is 0 Å². The van der Waals surface area contributed by atoms with Gasteiger partial charge in [0.15, 0.2) is 0 Å². The highest BCUT2D eigenvalue weighted by Crippen LogP contribution is 2.15. The third-order valence-electron chi connectivity index (χ3n) is 2.25. The van der Waals surface area contributed by atoms with Crippen molar-refractivity contribution in [2.75, 3.05) is 6.54 Å². The first-order valence-corrected chi connectivity index (χ1v) is 5.79. The van der Waals surface area contributed by atoms with E-state index in [0.717, 1.165) is 0 Å². The summed E-state index contributed by atoms with van der Waals surface area (Å²) in [6.45, 7) is -0.237. The highest BCUT2D eigenvalue weighted by Gasteiger charge is 2.41. The van der Waals surface area contributed by atoms with Crippen LogP contribution in [0.2, 0.25) is 0 Å². The van der Waals surface area contributed by atoms with Crippen LogP contribution in [-0.4, -0.2) is 41.5 Å². The summed E-state index contributed by atoms with van der Waals surface area (Å²) < 4.78 is 35.2. The second-order valence-corrected chi connectivity index (χ2v) is 3.93. The van der Waals surface area contributed by atoms with E-state index in [0.29, 0.717) is 5.06 Å². The lowest BCUT2D eigenvalue weighted by molar-refractivity contribution is -0.207. The molecule has 1 rings (SSSR count). The Morgan fingerprint density at radius 1 is 1.19 bits per heavy atom. The van der Waals surface area contributed by atoms with Gasteiger partial charge < -0.3 is 9.68 Å². The summed E-state index contributed by atoms with van der Waals surface area (Å²) in [5, 5.41) is 0.361. The third-order valence-corrected chi connectivity index (χ3v) is 2.25. The molecule has 0 aliphatic carbocycles. The van der Waals surface area contributed by atoms with Crippen LogP contribution in [0.1, 0.15) is 25.7 Å². The number of hydrogen-bond acceptors (Lipinski definition) is 7. The minimum absolute atomic E-state index is 0.0276. The zero-order valence-corrected chi connectivity index (χ0v) is 10.6. The number of halogens is 3. The number of imide groups is 1. The van der Waals surface area contributed by atoms with E-state index in [2.05, 4.69) is 9.68 Å². The Kier molecular flexibility index (Phi) is 5.64. The maximum absolute atomic E-state index is 11.7. The first-order valence-electron chi connectivity index (χ1n) is 5.79. The van der Waals surface area contributed by atoms with Gasteiger partial charge in [0.1, 0.15) is 0 Å². The zero-order valence-electron chi connectivity index (χ0n) is 10.6. The number of amides is 2. The topological polar surface area (TPSA) is 102 Å². The van der Waals surface area contributed by atoms with Gasteiger partial charge in [0.25, 0.3) is 11.8 Å². The molecule has 1 heterocycles. The van der Waals surface area contributed by atoms with Gasteiger partial charge in [-0.05, 0) is 6.42 Å². The quantitative estimate of drug-likeness (QED) is 0.418. The van der Waals surface area contributed by atoms with Crippen LogP contribution < -0.4 is 5.48 Å². The summed E-state index contributed by atoms with van der Waals surface area (Å²) in [5.41, 5.74) is 1.73. The van der Waals surface area contributed by atoms with E-state index in [9.17, 15) is 32.3 Å². The maximum Gasteiger partial charge on any atom is 0.492 e. The van der Waals surface area contributed by atoms with Gasteiger partial charge >= 0.3 is 18.1 Å². The molecule has 0 unspecified atom stereocenters. The number of rotatable bonds is 6. The number of nitrogens with zero attached hydrogens (tertiary/aromatic N) is 1. The van der Waals surface area contributed by atoms with Gasteiger partial charge in [-0.1, -0.05) is 0 Å². The minimum Gasteiger partial charge on any atom is -0.364 e. The molecule has 1 aliphatic rings. The van der Waals surface area contributed by atoms with Crippen molar-refractivity contribution in [1.82, 2.24) is 10.5 Å². The van der Waals surface area contributed by atoms with Crippen molar-refractivity contribution in [2.45, 2.75) is 31.9 Å². The fourth-order valence-corrected chi connectivity index (χ4v) is 1.28. The molecular formula is C10H11F3N2O6. The lowest BCUT2D eigenvalue weighted by Gasteiger charge is -2.12. The van der Waals surface area contributed by atoms with Crippen molar-refractivity contribution >= 4 is 23.8 Å². The molecule has 0 bridgehead atoms. The summed E-state index contributed by atoms with van der Waals surface area (Å²) in [4.78, 5) is 51.9. The van der Waals surface area contributed by atoms with Gasteiger partial charge in [0, 0.05) is 25.8 Å². The number of carbonyl (C=O) groups is 4. The minimum atomic E-state index is -5.11. The first kappa shape index (κ1) is 16.9. The molecule has 1 aliphatic heterocycles. The Labute approximate surface area is 116 Å². The predicted molar refractivity (Wildman–Crippen MR) is 56.6 cm³/mol. The summed E-state index contributed by atoms with van der Waals surface area (Å²) in [5.74, 6) is -4.57. The van der Waals surface area contributed by atoms with Gasteiger partial charge in [0.2, 0.25) is 0 Å². The molecule has 1 saturated heterocycles. The van der Waals surface area contributed by atoms with Crippen molar-refractivity contribution in [2.24, 2.45) is 0 Å². The largest absolute Gasteiger partial charge is 0.492 e. The molecular weight excluding hydrogens is 301 g/mol. The van der Waals surface area contributed by atoms with Crippen LogP contribution in [0.15, 0.2) is 0 Å². The molecule has 21 heavy (non-hydrogen) atoms. The molecule has 0 aromatic carbocycles. The van der Waals surface area contributed by atoms with Crippen LogP contribution >= 0.6 is 0 Å². The van der Waals surface area contributed by atoms with Gasteiger partial charge in [-0.15, -0.1) is 5.06 Å². The van der Waals surface area contributed by atoms with Crippen LogP contribution in [-0.2, 0) is 28.9 Å². The van der Waals surface area contributed by atoms with Gasteiger partial charge in [-0.3, -0.25) is 9.59 Å². The average molecular weight is 312 g/mol. The van der Waals surface area contributed by atoms with Gasteiger partial charge in [-0.25, -0.2) is 9.59 Å². The van der Waals surface area contributed by atoms with Crippen LogP contribution in [0.5, 0.6) is 0 Å². The predicted octanol–water partition coefficient (Wildman–Crippen LogP) is -0.0161. The van der Waals surface area contributed by atoms with Crippen LogP contribution in [0.25, 0.3) is 0 Å². The van der Waals surface area contributed by atoms with E-state index in [-0.39, 0.29) is 32.2 Å². The third kappa shape index (κ3) is 5.38. The van der Waals surface area contributed by atoms with Gasteiger partial charge in [0.05, 0.1) is 0 Å². The van der Waals surface area contributed by atoms with Crippen LogP contribution in [0, 0.1) is 0 Å². The fraction of sp³-hybridized carbons (Fsp3) is 0.600. The smallest absolute Gasteiger partial charge is 0.364 e. The molecule has 0 atom stereocenters. The Morgan fingerprint density at radius 2 is 1.76 bits per heavy atom. The standard InChI is InChI=1S/C10H11F3N2O6/c11-10(12,13)9(19)20-14-5-1-2-8(18)21-15-6(16)3-4-7(15)17/h14H,1-5H2. The molecule has 1 N–H and O–H groups in total. The Bertz CT molecular complexity index is 435. The lowest BCUT2D eigenvalue weighted by Crippen LogP contribution is -2.33. The van der Waals surface area contributed by atoms with Crippen LogP contribution in [0.3, 0.4) is 0 Å². The van der Waals surface area contributed by atoms with E-state index < -0.39 is 29.9 Å². The van der Waals surface area contributed by atoms with Crippen molar-refractivity contribution in [3.63, 3.8) is 0 Å². The van der Waals surface area contributed by atoms with Crippen molar-refractivity contribution in [1.29, 1.82) is 0 Å². The SMILES string of the molecule is O=C(CCCNOC(=O)C(F)(F)F)ON1C(=O)CCC1=O. The molecule has 11 heteroatoms. The highest BCUT2D eigenvalue weighted by atomic mass is 19.4. The molecule has 0 saturated carbocycles. The Morgan fingerprint density at radius 3 is 2.29 bits per heavy atom. The lowest BCUT2D eigenvalue weighted by atomic mass is 10.3. The fourth-order valence-electron chi connectivity index (χ4n) is 1.28. The monoisotopic (exact) mass is 312 g/mol. The van der Waals surface area contributed by atoms with E-state index in [1.54, 1.807) is 5.48 Å². The second-order valence-electron chi connectivity index (χ2n) is 3.93. The van der Waals surface area contributed by atoms with Gasteiger partial charge in [-0.2, -0.15) is 18.7 Å². The molecule has 0 aromatic rings. The first-order chi connectivity index (χ1) is 9.71. The van der Waals surface area contributed by atoms with E-state index >= 15 is 0 Å². The Balaban J connectivity index is 2.16. The average Bonchev–Trinajstić information content (AvgIpc) is 2.68. The van der Waals surface area contributed by atoms with E-state index in [1.165, 1.54) is 0 Å². The molecule has 0 aromatic heterocycles. The number of carbonyl (C=O) groups excluding carboxylic acids is 4. The molecule has 118 valence electrons. The summed E-state index contributed by atoms with van der Waals surface area (Å²) in [6, 6.07) is 0. The molecule has 8 nitrogen and oxygen atoms in total. The number of alkyl halides is 3. The summed E-state index contributed by atoms with van der Waals surface area (Å²) in [6.07, 6.45) is -5.50. The summed E-state index contributed by atoms with van der Waals surface area (Å²) in [7, 11) is 0. The second kappa shape index (κ2) is 7.02. The van der Waals surface area contributed by atoms with Crippen LogP contribution in [0.4, 0.5) is 13.2 Å². The number of hydrogen-bond donors (Lipinski definition) is 1. The molecule has 0 spiro atoms. The zero-order chi connectivity index (χ0) is 16.0. The molecule has 1 fully saturated rings. The number of hydroxylamine groups is 3. The number of nitrogens with one attached hydrogen (secondary N) is 1. The van der Waals surface area contributed by atoms with E-state index in [4.69, 9.17) is 0 Å². The van der Waals surface area contributed by atoms with Crippen molar-refractivity contribution in [3.8, 4) is 0 Å². The molecule has 0 radical (unpaired) electrons. The van der Waals surface area contributed by atoms with E-state index in [1.807, 2.05) is 0 Å². The molecule has 2 amide bonds.